The highest BCUT2D eigenvalue weighted by Gasteiger charge is 2.13. The Morgan fingerprint density at radius 2 is 2.04 bits per heavy atom. The first kappa shape index (κ1) is 17.6. The number of benzene rings is 2. The summed E-state index contributed by atoms with van der Waals surface area (Å²) in [5.41, 5.74) is 1.34. The standard InChI is InChI=1S/C19H12BrN3O3S/c1-11(24)26-13-6-4-5-12(9-13)10-16-18(25)23-19(27-16)21-17(22-23)14-7-2-3-8-15(14)20/h2-10H,1H3/b16-10-. The molecule has 134 valence electrons. The molecule has 0 saturated carbocycles. The van der Waals surface area contributed by atoms with Crippen molar-refractivity contribution in [3.05, 3.63) is 73.5 Å². The van der Waals surface area contributed by atoms with Gasteiger partial charge in [0.2, 0.25) is 4.96 Å². The Hall–Kier alpha value is -2.84. The number of halogens is 1. The van der Waals surface area contributed by atoms with Gasteiger partial charge in [-0.05, 0) is 35.9 Å². The molecule has 0 aliphatic heterocycles. The Bertz CT molecular complexity index is 1280. The molecule has 0 unspecified atom stereocenters. The van der Waals surface area contributed by atoms with Crippen LogP contribution in [-0.2, 0) is 4.79 Å². The average molecular weight is 442 g/mol. The zero-order valence-electron chi connectivity index (χ0n) is 14.0. The second-order valence-corrected chi connectivity index (χ2v) is 7.56. The van der Waals surface area contributed by atoms with Gasteiger partial charge >= 0.3 is 5.97 Å². The van der Waals surface area contributed by atoms with Crippen LogP contribution in [0.25, 0.3) is 22.4 Å². The van der Waals surface area contributed by atoms with Crippen LogP contribution in [0.15, 0.2) is 57.8 Å². The van der Waals surface area contributed by atoms with E-state index in [1.165, 1.54) is 22.8 Å². The number of nitrogens with zero attached hydrogens (tertiary/aromatic N) is 3. The summed E-state index contributed by atoms with van der Waals surface area (Å²) in [7, 11) is 0. The quantitative estimate of drug-likeness (QED) is 0.360. The average Bonchev–Trinajstić information content (AvgIpc) is 3.15. The van der Waals surface area contributed by atoms with Gasteiger partial charge in [0.25, 0.3) is 5.56 Å². The van der Waals surface area contributed by atoms with Crippen molar-refractivity contribution in [3.63, 3.8) is 0 Å². The summed E-state index contributed by atoms with van der Waals surface area (Å²) < 4.78 is 7.75. The van der Waals surface area contributed by atoms with E-state index in [1.54, 1.807) is 24.3 Å². The van der Waals surface area contributed by atoms with Gasteiger partial charge in [-0.3, -0.25) is 9.59 Å². The largest absolute Gasteiger partial charge is 0.427 e. The lowest BCUT2D eigenvalue weighted by molar-refractivity contribution is -0.131. The summed E-state index contributed by atoms with van der Waals surface area (Å²) in [5, 5.41) is 4.35. The maximum absolute atomic E-state index is 12.7. The van der Waals surface area contributed by atoms with Crippen LogP contribution in [0, 0.1) is 0 Å². The molecule has 27 heavy (non-hydrogen) atoms. The van der Waals surface area contributed by atoms with Crippen molar-refractivity contribution in [1.29, 1.82) is 0 Å². The Kier molecular flexibility index (Phi) is 4.59. The van der Waals surface area contributed by atoms with E-state index in [4.69, 9.17) is 4.74 Å². The lowest BCUT2D eigenvalue weighted by Gasteiger charge is -2.01. The van der Waals surface area contributed by atoms with E-state index < -0.39 is 5.97 Å². The predicted molar refractivity (Wildman–Crippen MR) is 107 cm³/mol. The fraction of sp³-hybridized carbons (Fsp3) is 0.0526. The van der Waals surface area contributed by atoms with Gasteiger partial charge in [0.1, 0.15) is 5.75 Å². The molecule has 4 aromatic rings. The first-order chi connectivity index (χ1) is 13.0. The van der Waals surface area contributed by atoms with Crippen LogP contribution in [-0.4, -0.2) is 20.6 Å². The first-order valence-corrected chi connectivity index (χ1v) is 9.57. The third-order valence-electron chi connectivity index (χ3n) is 3.71. The molecule has 2 aromatic carbocycles. The number of aromatic nitrogens is 3. The van der Waals surface area contributed by atoms with Crippen molar-refractivity contribution in [1.82, 2.24) is 14.6 Å². The lowest BCUT2D eigenvalue weighted by Crippen LogP contribution is -2.23. The fourth-order valence-corrected chi connectivity index (χ4v) is 3.95. The van der Waals surface area contributed by atoms with Crippen LogP contribution in [0.2, 0.25) is 0 Å². The molecular weight excluding hydrogens is 430 g/mol. The molecule has 0 atom stereocenters. The maximum atomic E-state index is 12.7. The lowest BCUT2D eigenvalue weighted by atomic mass is 10.2. The second-order valence-electron chi connectivity index (χ2n) is 5.69. The first-order valence-electron chi connectivity index (χ1n) is 7.96. The predicted octanol–water partition coefficient (Wildman–Crippen LogP) is 3.05. The van der Waals surface area contributed by atoms with Gasteiger partial charge in [0, 0.05) is 17.0 Å². The molecule has 0 fully saturated rings. The molecule has 8 heteroatoms. The van der Waals surface area contributed by atoms with Crippen molar-refractivity contribution in [2.24, 2.45) is 0 Å². The summed E-state index contributed by atoms with van der Waals surface area (Å²) in [6.45, 7) is 1.34. The molecule has 2 aromatic heterocycles. The minimum Gasteiger partial charge on any atom is -0.427 e. The van der Waals surface area contributed by atoms with Crippen LogP contribution in [0.4, 0.5) is 0 Å². The molecule has 0 amide bonds. The third kappa shape index (κ3) is 3.54. The van der Waals surface area contributed by atoms with Crippen LogP contribution in [0.5, 0.6) is 5.75 Å². The molecule has 0 aliphatic carbocycles. The molecule has 0 saturated heterocycles. The van der Waals surface area contributed by atoms with E-state index >= 15 is 0 Å². The Morgan fingerprint density at radius 1 is 1.22 bits per heavy atom. The van der Waals surface area contributed by atoms with Crippen molar-refractivity contribution >= 4 is 44.3 Å². The summed E-state index contributed by atoms with van der Waals surface area (Å²) in [4.78, 5) is 28.8. The van der Waals surface area contributed by atoms with Crippen molar-refractivity contribution in [3.8, 4) is 17.1 Å². The molecule has 4 rings (SSSR count). The van der Waals surface area contributed by atoms with Crippen LogP contribution < -0.4 is 14.8 Å². The topological polar surface area (TPSA) is 73.6 Å². The van der Waals surface area contributed by atoms with Crippen LogP contribution >= 0.6 is 27.3 Å². The van der Waals surface area contributed by atoms with E-state index in [9.17, 15) is 9.59 Å². The summed E-state index contributed by atoms with van der Waals surface area (Å²) in [5.74, 6) is 0.531. The van der Waals surface area contributed by atoms with Crippen LogP contribution in [0.1, 0.15) is 12.5 Å². The number of carbonyl (C=O) groups excluding carboxylic acids is 1. The monoisotopic (exact) mass is 441 g/mol. The van der Waals surface area contributed by atoms with E-state index in [0.29, 0.717) is 21.1 Å². The Morgan fingerprint density at radius 3 is 2.78 bits per heavy atom. The summed E-state index contributed by atoms with van der Waals surface area (Å²) in [6, 6.07) is 14.6. The highest BCUT2D eigenvalue weighted by Crippen LogP contribution is 2.25. The molecule has 0 aliphatic rings. The van der Waals surface area contributed by atoms with E-state index in [-0.39, 0.29) is 5.56 Å². The van der Waals surface area contributed by atoms with Gasteiger partial charge in [-0.25, -0.2) is 0 Å². The van der Waals surface area contributed by atoms with Gasteiger partial charge in [0.05, 0.1) is 4.53 Å². The Labute approximate surface area is 165 Å². The second kappa shape index (κ2) is 7.05. The zero-order chi connectivity index (χ0) is 19.0. The number of fused-ring (bicyclic) bond motifs is 1. The zero-order valence-corrected chi connectivity index (χ0v) is 16.5. The van der Waals surface area contributed by atoms with Gasteiger partial charge in [-0.1, -0.05) is 51.5 Å². The van der Waals surface area contributed by atoms with Crippen molar-refractivity contribution in [2.75, 3.05) is 0 Å². The minimum atomic E-state index is -0.393. The SMILES string of the molecule is CC(=O)Oc1cccc(/C=c2\sc3nc(-c4ccccc4Br)nn3c2=O)c1. The van der Waals surface area contributed by atoms with Crippen molar-refractivity contribution in [2.45, 2.75) is 6.92 Å². The number of hydrogen-bond donors (Lipinski definition) is 0. The summed E-state index contributed by atoms with van der Waals surface area (Å²) >= 11 is 4.73. The number of ether oxygens (including phenoxy) is 1. The van der Waals surface area contributed by atoms with Crippen molar-refractivity contribution < 1.29 is 9.53 Å². The fourth-order valence-electron chi connectivity index (χ4n) is 2.58. The normalized spacial score (nSPS) is 11.9. The molecule has 2 heterocycles. The number of rotatable bonds is 3. The third-order valence-corrected chi connectivity index (χ3v) is 5.36. The molecule has 0 spiro atoms. The summed E-state index contributed by atoms with van der Waals surface area (Å²) in [6.07, 6.45) is 1.73. The van der Waals surface area contributed by atoms with E-state index in [0.717, 1.165) is 15.6 Å². The molecule has 0 N–H and O–H groups in total. The van der Waals surface area contributed by atoms with Gasteiger partial charge < -0.3 is 4.74 Å². The van der Waals surface area contributed by atoms with Gasteiger partial charge in [0.15, 0.2) is 5.82 Å². The highest BCUT2D eigenvalue weighted by molar-refractivity contribution is 9.10. The molecule has 6 nitrogen and oxygen atoms in total. The number of esters is 1. The molecule has 0 radical (unpaired) electrons. The highest BCUT2D eigenvalue weighted by atomic mass is 79.9. The number of hydrogen-bond acceptors (Lipinski definition) is 6. The Balaban J connectivity index is 1.76. The molecular formula is C19H12BrN3O3S. The molecule has 0 bridgehead atoms. The van der Waals surface area contributed by atoms with Crippen LogP contribution in [0.3, 0.4) is 0 Å². The van der Waals surface area contributed by atoms with Gasteiger partial charge in [-0.2, -0.15) is 9.50 Å². The number of carbonyl (C=O) groups is 1. The van der Waals surface area contributed by atoms with E-state index in [2.05, 4.69) is 26.0 Å². The number of thiazole rings is 1. The maximum Gasteiger partial charge on any atom is 0.308 e. The smallest absolute Gasteiger partial charge is 0.308 e. The van der Waals surface area contributed by atoms with E-state index in [1.807, 2.05) is 30.3 Å². The minimum absolute atomic E-state index is 0.237. The van der Waals surface area contributed by atoms with Gasteiger partial charge in [-0.15, -0.1) is 5.10 Å².